The molecule has 1 amide bonds. The van der Waals surface area contributed by atoms with Gasteiger partial charge in [0.15, 0.2) is 5.82 Å². The highest BCUT2D eigenvalue weighted by molar-refractivity contribution is 5.88. The molecular formula is C19H19F2N5O3. The molecule has 1 aliphatic heterocycles. The first-order valence-electron chi connectivity index (χ1n) is 9.09. The molecule has 1 fully saturated rings. The van der Waals surface area contributed by atoms with Gasteiger partial charge in [-0.25, -0.2) is 23.1 Å². The summed E-state index contributed by atoms with van der Waals surface area (Å²) >= 11 is 0. The number of aliphatic hydroxyl groups is 1. The number of hydrogen-bond acceptors (Lipinski definition) is 5. The van der Waals surface area contributed by atoms with Crippen molar-refractivity contribution >= 4 is 17.4 Å². The van der Waals surface area contributed by atoms with E-state index in [2.05, 4.69) is 10.1 Å². The summed E-state index contributed by atoms with van der Waals surface area (Å²) in [7, 11) is 0. The quantitative estimate of drug-likeness (QED) is 0.619. The summed E-state index contributed by atoms with van der Waals surface area (Å²) < 4.78 is 30.1. The molecule has 4 rings (SSSR count). The molecule has 1 saturated heterocycles. The maximum atomic E-state index is 14.3. The number of likely N-dealkylation sites (tertiary alicyclic amines) is 1. The highest BCUT2D eigenvalue weighted by Crippen LogP contribution is 2.37. The summed E-state index contributed by atoms with van der Waals surface area (Å²) in [6.07, 6.45) is 1.72. The summed E-state index contributed by atoms with van der Waals surface area (Å²) in [5.41, 5.74) is 7.39. The number of fused-ring (bicyclic) bond motifs is 1. The molecule has 152 valence electrons. The second kappa shape index (κ2) is 7.28. The summed E-state index contributed by atoms with van der Waals surface area (Å²) in [5, 5.41) is 22.7. The number of carboxylic acid groups (broad SMARTS) is 1. The molecule has 0 saturated carbocycles. The van der Waals surface area contributed by atoms with Crippen LogP contribution in [0.15, 0.2) is 24.5 Å². The molecule has 0 spiro atoms. The number of aliphatic hydroxyl groups excluding tert-OH is 1. The SMILES string of the molecule is Nc1ncnn2c([C@@H]3CCCN(C(=O)O)C3)cc(-c3cc(F)c(CO)c(F)c3)c12. The number of rotatable bonds is 3. The van der Waals surface area contributed by atoms with Gasteiger partial charge in [0.1, 0.15) is 23.5 Å². The lowest BCUT2D eigenvalue weighted by molar-refractivity contribution is 0.130. The topological polar surface area (TPSA) is 117 Å². The van der Waals surface area contributed by atoms with E-state index in [1.54, 1.807) is 10.6 Å². The van der Waals surface area contributed by atoms with E-state index in [0.717, 1.165) is 18.6 Å². The van der Waals surface area contributed by atoms with Crippen LogP contribution in [0.3, 0.4) is 0 Å². The van der Waals surface area contributed by atoms with Crippen molar-refractivity contribution in [2.75, 3.05) is 18.8 Å². The van der Waals surface area contributed by atoms with E-state index in [1.165, 1.54) is 11.2 Å². The molecule has 0 unspecified atom stereocenters. The van der Waals surface area contributed by atoms with E-state index < -0.39 is 29.9 Å². The molecule has 0 bridgehead atoms. The van der Waals surface area contributed by atoms with Crippen molar-refractivity contribution in [1.82, 2.24) is 19.5 Å². The van der Waals surface area contributed by atoms with Crippen LogP contribution in [0.1, 0.15) is 30.0 Å². The van der Waals surface area contributed by atoms with Gasteiger partial charge in [0.05, 0.1) is 6.61 Å². The average Bonchev–Trinajstić information content (AvgIpc) is 3.09. The number of benzene rings is 1. The second-order valence-electron chi connectivity index (χ2n) is 7.03. The zero-order valence-electron chi connectivity index (χ0n) is 15.3. The number of hydrogen-bond donors (Lipinski definition) is 3. The lowest BCUT2D eigenvalue weighted by Gasteiger charge is -2.30. The van der Waals surface area contributed by atoms with Gasteiger partial charge in [0, 0.05) is 35.8 Å². The highest BCUT2D eigenvalue weighted by Gasteiger charge is 2.28. The number of nitrogens with zero attached hydrogens (tertiary/aromatic N) is 4. The Bertz CT molecular complexity index is 1080. The van der Waals surface area contributed by atoms with Crippen LogP contribution < -0.4 is 5.73 Å². The first kappa shape index (κ1) is 19.1. The summed E-state index contributed by atoms with van der Waals surface area (Å²) in [6, 6.07) is 3.98. The fraction of sp³-hybridized carbons (Fsp3) is 0.316. The molecule has 29 heavy (non-hydrogen) atoms. The number of aromatic nitrogens is 3. The number of nitrogens with two attached hydrogens (primary N) is 1. The number of anilines is 1. The summed E-state index contributed by atoms with van der Waals surface area (Å²) in [5.74, 6) is -1.75. The normalized spacial score (nSPS) is 17.1. The molecule has 0 radical (unpaired) electrons. The molecule has 1 aromatic carbocycles. The first-order valence-corrected chi connectivity index (χ1v) is 9.09. The van der Waals surface area contributed by atoms with Gasteiger partial charge in [-0.05, 0) is 36.6 Å². The monoisotopic (exact) mass is 403 g/mol. The van der Waals surface area contributed by atoms with E-state index >= 15 is 0 Å². The fourth-order valence-corrected chi connectivity index (χ4v) is 3.90. The molecule has 4 N–H and O–H groups in total. The van der Waals surface area contributed by atoms with Crippen LogP contribution in [-0.4, -0.2) is 48.9 Å². The standard InChI is InChI=1S/C19H19F2N5O3/c20-14-4-11(5-15(21)13(14)8-27)12-6-16(26-17(12)18(22)23-9-24-26)10-2-1-3-25(7-10)19(28)29/h4-6,9-10,27H,1-3,7-8H2,(H,28,29)(H2,22,23,24)/t10-/m1/s1. The zero-order valence-corrected chi connectivity index (χ0v) is 15.3. The second-order valence-corrected chi connectivity index (χ2v) is 7.03. The Hall–Kier alpha value is -3.27. The molecular weight excluding hydrogens is 384 g/mol. The predicted molar refractivity (Wildman–Crippen MR) is 100 cm³/mol. The van der Waals surface area contributed by atoms with E-state index in [0.29, 0.717) is 29.7 Å². The van der Waals surface area contributed by atoms with Gasteiger partial charge < -0.3 is 20.8 Å². The average molecular weight is 403 g/mol. The number of carbonyl (C=O) groups is 1. The Balaban J connectivity index is 1.88. The third-order valence-corrected chi connectivity index (χ3v) is 5.33. The fourth-order valence-electron chi connectivity index (χ4n) is 3.90. The maximum Gasteiger partial charge on any atom is 0.407 e. The Labute approximate surface area is 164 Å². The molecule has 3 aromatic rings. The van der Waals surface area contributed by atoms with Crippen LogP contribution in [0, 0.1) is 11.6 Å². The van der Waals surface area contributed by atoms with Gasteiger partial charge in [0.25, 0.3) is 0 Å². The van der Waals surface area contributed by atoms with Gasteiger partial charge in [-0.3, -0.25) is 0 Å². The molecule has 3 heterocycles. The van der Waals surface area contributed by atoms with Crippen molar-refractivity contribution in [2.24, 2.45) is 0 Å². The summed E-state index contributed by atoms with van der Waals surface area (Å²) in [4.78, 5) is 16.7. The van der Waals surface area contributed by atoms with E-state index in [9.17, 15) is 18.7 Å². The Morgan fingerprint density at radius 3 is 2.66 bits per heavy atom. The smallest absolute Gasteiger partial charge is 0.407 e. The van der Waals surface area contributed by atoms with E-state index in [-0.39, 0.29) is 23.8 Å². The van der Waals surface area contributed by atoms with Gasteiger partial charge in [0.2, 0.25) is 0 Å². The molecule has 8 nitrogen and oxygen atoms in total. The van der Waals surface area contributed by atoms with Crippen LogP contribution in [0.4, 0.5) is 19.4 Å². The Morgan fingerprint density at radius 1 is 1.28 bits per heavy atom. The lowest BCUT2D eigenvalue weighted by atomic mass is 9.94. The number of piperidine rings is 1. The number of amides is 1. The zero-order chi connectivity index (χ0) is 20.7. The molecule has 2 aromatic heterocycles. The number of halogens is 2. The van der Waals surface area contributed by atoms with E-state index in [4.69, 9.17) is 10.8 Å². The number of nitrogen functional groups attached to an aromatic ring is 1. The minimum Gasteiger partial charge on any atom is -0.465 e. The highest BCUT2D eigenvalue weighted by atomic mass is 19.1. The third-order valence-electron chi connectivity index (χ3n) is 5.33. The van der Waals surface area contributed by atoms with Crippen LogP contribution in [0.5, 0.6) is 0 Å². The van der Waals surface area contributed by atoms with Gasteiger partial charge in [-0.1, -0.05) is 0 Å². The van der Waals surface area contributed by atoms with Crippen LogP contribution in [0.25, 0.3) is 16.6 Å². The van der Waals surface area contributed by atoms with Crippen LogP contribution >= 0.6 is 0 Å². The minimum absolute atomic E-state index is 0.138. The third kappa shape index (κ3) is 3.25. The Kier molecular flexibility index (Phi) is 4.79. The largest absolute Gasteiger partial charge is 0.465 e. The molecule has 1 aliphatic rings. The molecule has 0 aliphatic carbocycles. The first-order chi connectivity index (χ1) is 13.9. The minimum atomic E-state index is -0.992. The van der Waals surface area contributed by atoms with Crippen molar-refractivity contribution < 1.29 is 23.8 Å². The predicted octanol–water partition coefficient (Wildman–Crippen LogP) is 2.61. The van der Waals surface area contributed by atoms with Crippen molar-refractivity contribution in [3.63, 3.8) is 0 Å². The van der Waals surface area contributed by atoms with Crippen molar-refractivity contribution in [1.29, 1.82) is 0 Å². The van der Waals surface area contributed by atoms with Gasteiger partial charge in [-0.2, -0.15) is 5.10 Å². The van der Waals surface area contributed by atoms with Crippen molar-refractivity contribution in [3.8, 4) is 11.1 Å². The van der Waals surface area contributed by atoms with Gasteiger partial charge >= 0.3 is 6.09 Å². The van der Waals surface area contributed by atoms with Gasteiger partial charge in [-0.15, -0.1) is 0 Å². The summed E-state index contributed by atoms with van der Waals surface area (Å²) in [6.45, 7) is -0.00676. The molecule has 1 atom stereocenters. The van der Waals surface area contributed by atoms with Crippen LogP contribution in [-0.2, 0) is 6.61 Å². The Morgan fingerprint density at radius 2 is 2.00 bits per heavy atom. The lowest BCUT2D eigenvalue weighted by Crippen LogP contribution is -2.38. The molecule has 10 heteroatoms. The van der Waals surface area contributed by atoms with Crippen LogP contribution in [0.2, 0.25) is 0 Å². The maximum absolute atomic E-state index is 14.3. The van der Waals surface area contributed by atoms with E-state index in [1.807, 2.05) is 0 Å². The van der Waals surface area contributed by atoms with Crippen molar-refractivity contribution in [3.05, 3.63) is 47.4 Å². The van der Waals surface area contributed by atoms with Crippen molar-refractivity contribution in [2.45, 2.75) is 25.4 Å².